The third-order valence-corrected chi connectivity index (χ3v) is 14.1. The number of aliphatic hydroxyl groups excluding tert-OH is 3. The van der Waals surface area contributed by atoms with Crippen molar-refractivity contribution >= 4 is 74.6 Å². The molecule has 62 heavy (non-hydrogen) atoms. The molecule has 7 amide bonds. The predicted molar refractivity (Wildman–Crippen MR) is 232 cm³/mol. The van der Waals surface area contributed by atoms with Crippen LogP contribution in [0.25, 0.3) is 0 Å². The van der Waals surface area contributed by atoms with Gasteiger partial charge in [-0.2, -0.15) is 11.8 Å². The van der Waals surface area contributed by atoms with E-state index in [2.05, 4.69) is 37.2 Å². The molecule has 1 aromatic carbocycles. The van der Waals surface area contributed by atoms with Crippen LogP contribution in [0.15, 0.2) is 18.2 Å². The minimum Gasteiger partial charge on any atom is -0.462 e. The van der Waals surface area contributed by atoms with E-state index >= 15 is 0 Å². The summed E-state index contributed by atoms with van der Waals surface area (Å²) in [6.07, 6.45) is -3.54. The van der Waals surface area contributed by atoms with E-state index in [1.54, 1.807) is 0 Å². The largest absolute Gasteiger partial charge is 0.462 e. The molecule has 23 heteroatoms. The molecule has 0 bridgehead atoms. The first-order chi connectivity index (χ1) is 29.7. The van der Waals surface area contributed by atoms with Gasteiger partial charge in [-0.15, -0.1) is 0 Å². The molecular formula is C39H59F2N7O11S3. The number of ether oxygens (including phenoxy) is 2. The first-order valence-electron chi connectivity index (χ1n) is 20.8. The number of nitrogens with one attached hydrogen (secondary N) is 7. The Kier molecular flexibility index (Phi) is 22.1. The van der Waals surface area contributed by atoms with Crippen LogP contribution in [-0.2, 0) is 28.7 Å². The zero-order valence-corrected chi connectivity index (χ0v) is 37.0. The van der Waals surface area contributed by atoms with Gasteiger partial charge in [0.25, 0.3) is 6.43 Å². The van der Waals surface area contributed by atoms with Crippen LogP contribution in [0.1, 0.15) is 83.1 Å². The van der Waals surface area contributed by atoms with E-state index in [0.29, 0.717) is 74.9 Å². The lowest BCUT2D eigenvalue weighted by molar-refractivity contribution is -0.244. The molecular weight excluding hydrogens is 877 g/mol. The molecule has 18 nitrogen and oxygen atoms in total. The van der Waals surface area contributed by atoms with Gasteiger partial charge in [-0.3, -0.25) is 24.0 Å². The van der Waals surface area contributed by atoms with E-state index in [9.17, 15) is 52.9 Å². The summed E-state index contributed by atoms with van der Waals surface area (Å²) >= 11 is 1.86. The van der Waals surface area contributed by atoms with Crippen molar-refractivity contribution in [3.05, 3.63) is 23.8 Å². The molecule has 0 saturated carbocycles. The van der Waals surface area contributed by atoms with Crippen LogP contribution in [0.4, 0.5) is 19.3 Å². The summed E-state index contributed by atoms with van der Waals surface area (Å²) in [5, 5.41) is 49.9. The van der Waals surface area contributed by atoms with Gasteiger partial charge >= 0.3 is 6.03 Å². The van der Waals surface area contributed by atoms with Crippen LogP contribution in [0.5, 0.6) is 5.75 Å². The number of aliphatic hydroxyl groups is 3. The fourth-order valence-corrected chi connectivity index (χ4v) is 10.5. The Bertz CT molecular complexity index is 1660. The van der Waals surface area contributed by atoms with Crippen molar-refractivity contribution in [1.29, 1.82) is 0 Å². The molecule has 3 aliphatic rings. The standard InChI is InChI=1S/C39H59F2N7O11S3/c1-22(50)45-34-36(56)35(55)27(20-49)59-38(34)58-26-11-10-23(19-24(26)37(40)41)46-32(54)9-3-2-6-14-42-30(52)12-17-61-62-18-13-31(53)44-16-15-43-29(51)8-5-4-7-28-33-25(21-60-28)47-39(57)48-33/h10-11,19,25,27-28,33-38,49,55-56H,2-9,12-18,20-21H2,1H3,(H,42,52)(H,43,51)(H,44,53)(H,45,50)(H,46,54)(H2,47,48,57)/t25-,27+,28-,33-,34+,35+,36+,38+/m0/s1. The molecule has 348 valence electrons. The third kappa shape index (κ3) is 17.2. The number of rotatable bonds is 27. The molecule has 0 spiro atoms. The maximum absolute atomic E-state index is 14.1. The molecule has 3 saturated heterocycles. The van der Waals surface area contributed by atoms with Crippen LogP contribution in [0, 0.1) is 0 Å². The van der Waals surface area contributed by atoms with E-state index in [-0.39, 0.29) is 53.7 Å². The smallest absolute Gasteiger partial charge is 0.315 e. The summed E-state index contributed by atoms with van der Waals surface area (Å²) in [5.74, 6) is 0.429. The zero-order valence-electron chi connectivity index (χ0n) is 34.5. The average Bonchev–Trinajstić information content (AvgIpc) is 3.79. The van der Waals surface area contributed by atoms with E-state index in [1.165, 1.54) is 33.7 Å². The zero-order chi connectivity index (χ0) is 45.0. The van der Waals surface area contributed by atoms with Crippen LogP contribution in [-0.4, -0.2) is 142 Å². The molecule has 0 aromatic heterocycles. The Hall–Kier alpha value is -3.61. The van der Waals surface area contributed by atoms with E-state index in [0.717, 1.165) is 38.0 Å². The molecule has 0 aliphatic carbocycles. The summed E-state index contributed by atoms with van der Waals surface area (Å²) < 4.78 is 39.2. The number of benzene rings is 1. The monoisotopic (exact) mass is 935 g/mol. The lowest BCUT2D eigenvalue weighted by atomic mass is 9.97. The predicted octanol–water partition coefficient (Wildman–Crippen LogP) is 1.68. The summed E-state index contributed by atoms with van der Waals surface area (Å²) in [5.41, 5.74) is -0.513. The molecule has 3 aliphatic heterocycles. The van der Waals surface area contributed by atoms with E-state index in [4.69, 9.17) is 9.47 Å². The Labute approximate surface area is 371 Å². The normalized spacial score (nSPS) is 24.1. The lowest BCUT2D eigenvalue weighted by Gasteiger charge is -2.42. The fraction of sp³-hybridized carbons (Fsp3) is 0.692. The number of carbonyl (C=O) groups excluding carboxylic acids is 6. The molecule has 4 rings (SSSR count). The van der Waals surface area contributed by atoms with Crippen LogP contribution in [0.2, 0.25) is 0 Å². The number of fused-ring (bicyclic) bond motifs is 1. The first-order valence-corrected chi connectivity index (χ1v) is 24.3. The number of hydrogen-bond acceptors (Lipinski definition) is 14. The Balaban J connectivity index is 0.974. The highest BCUT2D eigenvalue weighted by Gasteiger charge is 2.46. The topological polar surface area (TPSA) is 266 Å². The number of halogens is 2. The third-order valence-electron chi connectivity index (χ3n) is 10.2. The summed E-state index contributed by atoms with van der Waals surface area (Å²) in [4.78, 5) is 72.2. The van der Waals surface area contributed by atoms with Crippen molar-refractivity contribution in [1.82, 2.24) is 31.9 Å². The van der Waals surface area contributed by atoms with Gasteiger partial charge in [0, 0.05) is 80.4 Å². The number of anilines is 1. The Morgan fingerprint density at radius 1 is 0.871 bits per heavy atom. The second-order valence-electron chi connectivity index (χ2n) is 15.0. The van der Waals surface area contributed by atoms with Gasteiger partial charge in [0.2, 0.25) is 35.8 Å². The Morgan fingerprint density at radius 2 is 1.52 bits per heavy atom. The highest BCUT2D eigenvalue weighted by atomic mass is 33.1. The molecule has 3 fully saturated rings. The SMILES string of the molecule is CC(=O)N[C@H]1[C@H](Oc2ccc(NC(=O)CCCCCNC(=O)CCSSCCC(=O)NCCNC(=O)CCCC[C@@H]3SC[C@@H]4NC(=O)N[C@@H]43)cc2C(F)F)O[C@H](CO)[C@@H](O)[C@@H]1O. The molecule has 3 heterocycles. The summed E-state index contributed by atoms with van der Waals surface area (Å²) in [7, 11) is 3.00. The minimum atomic E-state index is -3.04. The summed E-state index contributed by atoms with van der Waals surface area (Å²) in [6, 6.07) is 2.48. The van der Waals surface area contributed by atoms with Crippen LogP contribution >= 0.6 is 33.3 Å². The first kappa shape index (κ1) is 51.0. The van der Waals surface area contributed by atoms with Gasteiger partial charge in [0.15, 0.2) is 0 Å². The van der Waals surface area contributed by atoms with Gasteiger partial charge in [-0.1, -0.05) is 34.4 Å². The Morgan fingerprint density at radius 3 is 2.18 bits per heavy atom. The van der Waals surface area contributed by atoms with Crippen molar-refractivity contribution in [2.75, 3.05) is 48.8 Å². The van der Waals surface area contributed by atoms with Crippen molar-refractivity contribution in [3.8, 4) is 5.75 Å². The number of urea groups is 1. The highest BCUT2D eigenvalue weighted by molar-refractivity contribution is 8.76. The maximum atomic E-state index is 14.1. The number of unbranched alkanes of at least 4 members (excludes halogenated alkanes) is 3. The van der Waals surface area contributed by atoms with Gasteiger partial charge in [0.05, 0.1) is 24.3 Å². The van der Waals surface area contributed by atoms with E-state index in [1.807, 2.05) is 11.8 Å². The number of carbonyl (C=O) groups is 6. The number of thioether (sulfide) groups is 1. The number of hydrogen-bond donors (Lipinski definition) is 10. The van der Waals surface area contributed by atoms with Crippen molar-refractivity contribution in [3.63, 3.8) is 0 Å². The van der Waals surface area contributed by atoms with Gasteiger partial charge in [0.1, 0.15) is 30.1 Å². The molecule has 1 aromatic rings. The molecule has 0 unspecified atom stereocenters. The quantitative estimate of drug-likeness (QED) is 0.0342. The second-order valence-corrected chi connectivity index (χ2v) is 19.0. The second kappa shape index (κ2) is 26.9. The maximum Gasteiger partial charge on any atom is 0.315 e. The van der Waals surface area contributed by atoms with Gasteiger partial charge < -0.3 is 62.0 Å². The fourth-order valence-electron chi connectivity index (χ4n) is 6.97. The van der Waals surface area contributed by atoms with Gasteiger partial charge in [-0.05, 0) is 43.9 Å². The molecule has 0 radical (unpaired) electrons. The number of alkyl halides is 2. The van der Waals surface area contributed by atoms with Crippen molar-refractivity contribution in [2.24, 2.45) is 0 Å². The van der Waals surface area contributed by atoms with E-state index < -0.39 is 61.1 Å². The molecule has 10 N–H and O–H groups in total. The van der Waals surface area contributed by atoms with Crippen molar-refractivity contribution < 1.29 is 62.3 Å². The van der Waals surface area contributed by atoms with Gasteiger partial charge in [-0.25, -0.2) is 13.6 Å². The molecule has 8 atom stereocenters. The van der Waals surface area contributed by atoms with Crippen LogP contribution < -0.4 is 42.0 Å². The average molecular weight is 936 g/mol. The number of amides is 7. The highest BCUT2D eigenvalue weighted by Crippen LogP contribution is 2.35. The lowest BCUT2D eigenvalue weighted by Crippen LogP contribution is -2.65. The van der Waals surface area contributed by atoms with Crippen molar-refractivity contribution in [2.45, 2.75) is 126 Å². The minimum absolute atomic E-state index is 0.0484. The van der Waals surface area contributed by atoms with Crippen LogP contribution in [0.3, 0.4) is 0 Å². The summed E-state index contributed by atoms with van der Waals surface area (Å²) in [6.45, 7) is 1.57.